The van der Waals surface area contributed by atoms with Gasteiger partial charge in [-0.25, -0.2) is 14.0 Å². The smallest absolute Gasteiger partial charge is 0.349 e. The van der Waals surface area contributed by atoms with E-state index in [1.807, 2.05) is 0 Å². The molecule has 1 heterocycles. The van der Waals surface area contributed by atoms with E-state index in [0.717, 1.165) is 6.07 Å². The summed E-state index contributed by atoms with van der Waals surface area (Å²) >= 11 is 3.03. The fourth-order valence-corrected chi connectivity index (χ4v) is 1.63. The zero-order valence-corrected chi connectivity index (χ0v) is 7.72. The van der Waals surface area contributed by atoms with Crippen molar-refractivity contribution in [3.8, 4) is 0 Å². The summed E-state index contributed by atoms with van der Waals surface area (Å²) in [5, 5.41) is 0. The molecule has 1 aliphatic heterocycles. The molecular weight excluding hydrogens is 243 g/mol. The van der Waals surface area contributed by atoms with Crippen LogP contribution in [-0.2, 0) is 4.74 Å². The molecule has 1 aliphatic rings. The number of benzene rings is 1. The number of carbonyl (C=O) groups excluding carboxylic acids is 2. The average Bonchev–Trinajstić information content (AvgIpc) is 2.36. The first-order valence-electron chi connectivity index (χ1n) is 3.36. The average molecular weight is 245 g/mol. The largest absolute Gasteiger partial charge is 0.386 e. The van der Waals surface area contributed by atoms with Crippen molar-refractivity contribution in [1.82, 2.24) is 0 Å². The summed E-state index contributed by atoms with van der Waals surface area (Å²) in [6.07, 6.45) is 0. The second-order valence-electron chi connectivity index (χ2n) is 2.46. The third-order valence-electron chi connectivity index (χ3n) is 1.70. The van der Waals surface area contributed by atoms with Crippen LogP contribution in [0, 0.1) is 5.82 Å². The molecule has 1 aromatic carbocycles. The van der Waals surface area contributed by atoms with Gasteiger partial charge in [0.1, 0.15) is 11.4 Å². The summed E-state index contributed by atoms with van der Waals surface area (Å²) in [6, 6.07) is 2.46. The third kappa shape index (κ3) is 1.07. The second kappa shape index (κ2) is 2.63. The maximum absolute atomic E-state index is 13.0. The van der Waals surface area contributed by atoms with Crippen molar-refractivity contribution in [2.75, 3.05) is 0 Å². The first kappa shape index (κ1) is 8.37. The molecule has 0 atom stereocenters. The molecule has 0 fully saturated rings. The molecular formula is C8H2BrFO3. The Morgan fingerprint density at radius 3 is 2.38 bits per heavy atom. The summed E-state index contributed by atoms with van der Waals surface area (Å²) < 4.78 is 17.6. The van der Waals surface area contributed by atoms with Crippen LogP contribution in [0.3, 0.4) is 0 Å². The van der Waals surface area contributed by atoms with Crippen LogP contribution in [0.2, 0.25) is 0 Å². The van der Waals surface area contributed by atoms with Crippen molar-refractivity contribution in [3.05, 3.63) is 33.5 Å². The molecule has 0 radical (unpaired) electrons. The number of fused-ring (bicyclic) bond motifs is 1. The predicted octanol–water partition coefficient (Wildman–Crippen LogP) is 1.90. The fourth-order valence-electron chi connectivity index (χ4n) is 1.14. The quantitative estimate of drug-likeness (QED) is 0.517. The highest BCUT2D eigenvalue weighted by Gasteiger charge is 2.34. The SMILES string of the molecule is O=C1OC(=O)c2c(Br)ccc(F)c21. The van der Waals surface area contributed by atoms with E-state index in [2.05, 4.69) is 20.7 Å². The number of cyclic esters (lactones) is 2. The maximum atomic E-state index is 13.0. The summed E-state index contributed by atoms with van der Waals surface area (Å²) in [5.41, 5.74) is -0.329. The van der Waals surface area contributed by atoms with E-state index in [1.54, 1.807) is 0 Å². The van der Waals surface area contributed by atoms with Gasteiger partial charge in [-0.1, -0.05) is 0 Å². The topological polar surface area (TPSA) is 43.4 Å². The van der Waals surface area contributed by atoms with E-state index in [4.69, 9.17) is 0 Å². The van der Waals surface area contributed by atoms with E-state index in [9.17, 15) is 14.0 Å². The van der Waals surface area contributed by atoms with Gasteiger partial charge in [-0.15, -0.1) is 0 Å². The number of hydrogen-bond donors (Lipinski definition) is 0. The highest BCUT2D eigenvalue weighted by atomic mass is 79.9. The molecule has 0 N–H and O–H groups in total. The van der Waals surface area contributed by atoms with Crippen LogP contribution in [0.4, 0.5) is 4.39 Å². The van der Waals surface area contributed by atoms with Crippen LogP contribution >= 0.6 is 15.9 Å². The normalized spacial score (nSPS) is 14.3. The van der Waals surface area contributed by atoms with E-state index in [0.29, 0.717) is 4.47 Å². The van der Waals surface area contributed by atoms with E-state index < -0.39 is 17.8 Å². The molecule has 0 bridgehead atoms. The lowest BCUT2D eigenvalue weighted by Gasteiger charge is -1.96. The molecule has 0 amide bonds. The molecule has 0 spiro atoms. The summed E-state index contributed by atoms with van der Waals surface area (Å²) in [5.74, 6) is -2.49. The summed E-state index contributed by atoms with van der Waals surface area (Å²) in [6.45, 7) is 0. The van der Waals surface area contributed by atoms with Crippen LogP contribution in [-0.4, -0.2) is 11.9 Å². The number of hydrogen-bond acceptors (Lipinski definition) is 3. The van der Waals surface area contributed by atoms with Gasteiger partial charge < -0.3 is 4.74 Å². The van der Waals surface area contributed by atoms with Crippen molar-refractivity contribution in [2.24, 2.45) is 0 Å². The van der Waals surface area contributed by atoms with Gasteiger partial charge in [0, 0.05) is 4.47 Å². The molecule has 3 nitrogen and oxygen atoms in total. The van der Waals surface area contributed by atoms with Gasteiger partial charge in [-0.3, -0.25) is 0 Å². The Labute approximate surface area is 80.6 Å². The minimum absolute atomic E-state index is 0.0370. The maximum Gasteiger partial charge on any atom is 0.349 e. The van der Waals surface area contributed by atoms with E-state index in [1.165, 1.54) is 6.07 Å². The highest BCUT2D eigenvalue weighted by molar-refractivity contribution is 9.10. The lowest BCUT2D eigenvalue weighted by Crippen LogP contribution is -1.98. The van der Waals surface area contributed by atoms with Crippen LogP contribution in [0.5, 0.6) is 0 Å². The fraction of sp³-hybridized carbons (Fsp3) is 0. The molecule has 0 aliphatic carbocycles. The van der Waals surface area contributed by atoms with Gasteiger partial charge >= 0.3 is 11.9 Å². The van der Waals surface area contributed by atoms with E-state index in [-0.39, 0.29) is 11.1 Å². The first-order chi connectivity index (χ1) is 6.11. The van der Waals surface area contributed by atoms with Crippen molar-refractivity contribution in [1.29, 1.82) is 0 Å². The Bertz CT molecular complexity index is 389. The zero-order valence-electron chi connectivity index (χ0n) is 6.14. The Morgan fingerprint density at radius 2 is 1.77 bits per heavy atom. The molecule has 1 aromatic rings. The van der Waals surface area contributed by atoms with Crippen molar-refractivity contribution in [2.45, 2.75) is 0 Å². The minimum atomic E-state index is -0.932. The molecule has 0 unspecified atom stereocenters. The lowest BCUT2D eigenvalue weighted by molar-refractivity contribution is 0.0442. The number of esters is 2. The molecule has 0 saturated carbocycles. The monoisotopic (exact) mass is 244 g/mol. The summed E-state index contributed by atoms with van der Waals surface area (Å²) in [7, 11) is 0. The predicted molar refractivity (Wildman–Crippen MR) is 43.8 cm³/mol. The first-order valence-corrected chi connectivity index (χ1v) is 4.15. The van der Waals surface area contributed by atoms with Crippen LogP contribution in [0.1, 0.15) is 20.7 Å². The molecule has 0 saturated heterocycles. The molecule has 66 valence electrons. The minimum Gasteiger partial charge on any atom is -0.386 e. The Hall–Kier alpha value is -1.23. The zero-order chi connectivity index (χ0) is 9.59. The number of carbonyl (C=O) groups is 2. The van der Waals surface area contributed by atoms with E-state index >= 15 is 0 Å². The standard InChI is InChI=1S/C8H2BrFO3/c9-3-1-2-4(10)6-5(3)7(11)13-8(6)12/h1-2H. The van der Waals surface area contributed by atoms with Gasteiger partial charge in [-0.05, 0) is 28.1 Å². The second-order valence-corrected chi connectivity index (χ2v) is 3.31. The number of halogens is 2. The Balaban J connectivity index is 2.81. The lowest BCUT2D eigenvalue weighted by atomic mass is 10.1. The number of rotatable bonds is 0. The van der Waals surface area contributed by atoms with Gasteiger partial charge in [0.05, 0.1) is 5.56 Å². The van der Waals surface area contributed by atoms with Crippen LogP contribution in [0.25, 0.3) is 0 Å². The van der Waals surface area contributed by atoms with Crippen molar-refractivity contribution < 1.29 is 18.7 Å². The highest BCUT2D eigenvalue weighted by Crippen LogP contribution is 2.29. The summed E-state index contributed by atoms with van der Waals surface area (Å²) in [4.78, 5) is 22.0. The van der Waals surface area contributed by atoms with Crippen molar-refractivity contribution >= 4 is 27.9 Å². The van der Waals surface area contributed by atoms with Gasteiger partial charge in [-0.2, -0.15) is 0 Å². The van der Waals surface area contributed by atoms with Gasteiger partial charge in [0.2, 0.25) is 0 Å². The third-order valence-corrected chi connectivity index (χ3v) is 2.36. The number of ether oxygens (including phenoxy) is 1. The van der Waals surface area contributed by atoms with Crippen molar-refractivity contribution in [3.63, 3.8) is 0 Å². The molecule has 0 aromatic heterocycles. The van der Waals surface area contributed by atoms with Crippen LogP contribution in [0.15, 0.2) is 16.6 Å². The van der Waals surface area contributed by atoms with Gasteiger partial charge in [0.25, 0.3) is 0 Å². The Morgan fingerprint density at radius 1 is 1.15 bits per heavy atom. The molecule has 5 heteroatoms. The Kier molecular flexibility index (Phi) is 1.69. The van der Waals surface area contributed by atoms with Crippen LogP contribution < -0.4 is 0 Å². The molecule has 13 heavy (non-hydrogen) atoms. The molecule has 2 rings (SSSR count). The van der Waals surface area contributed by atoms with Gasteiger partial charge in [0.15, 0.2) is 0 Å².